The zero-order valence-electron chi connectivity index (χ0n) is 12.8. The van der Waals surface area contributed by atoms with Gasteiger partial charge in [-0.2, -0.15) is 0 Å². The highest BCUT2D eigenvalue weighted by atomic mass is 16.5. The molecule has 0 aliphatic carbocycles. The SMILES string of the molecule is CC(=O)NCC1CN(CCC(=O)N2CCNCC2)CCO1. The van der Waals surface area contributed by atoms with Gasteiger partial charge in [0.15, 0.2) is 0 Å². The van der Waals surface area contributed by atoms with Gasteiger partial charge in [-0.05, 0) is 0 Å². The van der Waals surface area contributed by atoms with Crippen LogP contribution in [0.3, 0.4) is 0 Å². The van der Waals surface area contributed by atoms with Gasteiger partial charge in [-0.1, -0.05) is 0 Å². The predicted octanol–water partition coefficient (Wildman–Crippen LogP) is -1.35. The fraction of sp³-hybridized carbons (Fsp3) is 0.857. The lowest BCUT2D eigenvalue weighted by Gasteiger charge is -2.33. The van der Waals surface area contributed by atoms with E-state index < -0.39 is 0 Å². The predicted molar refractivity (Wildman–Crippen MR) is 78.9 cm³/mol. The Kier molecular flexibility index (Phi) is 6.41. The number of piperazine rings is 1. The Morgan fingerprint density at radius 3 is 2.76 bits per heavy atom. The van der Waals surface area contributed by atoms with E-state index in [1.54, 1.807) is 0 Å². The molecular formula is C14H26N4O3. The quantitative estimate of drug-likeness (QED) is 0.656. The Morgan fingerprint density at radius 1 is 1.29 bits per heavy atom. The Bertz CT molecular complexity index is 358. The summed E-state index contributed by atoms with van der Waals surface area (Å²) in [7, 11) is 0. The van der Waals surface area contributed by atoms with E-state index in [1.165, 1.54) is 6.92 Å². The second-order valence-corrected chi connectivity index (χ2v) is 5.61. The molecule has 0 radical (unpaired) electrons. The van der Waals surface area contributed by atoms with Crippen molar-refractivity contribution in [3.63, 3.8) is 0 Å². The number of carbonyl (C=O) groups excluding carboxylic acids is 2. The molecular weight excluding hydrogens is 272 g/mol. The van der Waals surface area contributed by atoms with Crippen molar-refractivity contribution in [3.8, 4) is 0 Å². The van der Waals surface area contributed by atoms with Crippen LogP contribution < -0.4 is 10.6 Å². The second-order valence-electron chi connectivity index (χ2n) is 5.61. The summed E-state index contributed by atoms with van der Waals surface area (Å²) >= 11 is 0. The number of nitrogens with one attached hydrogen (secondary N) is 2. The molecule has 2 rings (SSSR count). The van der Waals surface area contributed by atoms with Crippen molar-refractivity contribution >= 4 is 11.8 Å². The third-order valence-corrected chi connectivity index (χ3v) is 3.91. The zero-order chi connectivity index (χ0) is 15.1. The molecule has 0 bridgehead atoms. The maximum Gasteiger partial charge on any atom is 0.223 e. The fourth-order valence-electron chi connectivity index (χ4n) is 2.69. The molecule has 2 fully saturated rings. The Balaban J connectivity index is 1.67. The van der Waals surface area contributed by atoms with Gasteiger partial charge in [0.05, 0.1) is 12.7 Å². The Hall–Kier alpha value is -1.18. The molecule has 2 N–H and O–H groups in total. The normalized spacial score (nSPS) is 23.9. The standard InChI is InChI=1S/C14H26N4O3/c1-12(19)16-10-13-11-17(8-9-21-13)5-2-14(20)18-6-3-15-4-7-18/h13,15H,2-11H2,1H3,(H,16,19). The minimum absolute atomic E-state index is 0.0249. The van der Waals surface area contributed by atoms with E-state index in [2.05, 4.69) is 15.5 Å². The Labute approximate surface area is 126 Å². The molecule has 0 saturated carbocycles. The number of carbonyl (C=O) groups is 2. The van der Waals surface area contributed by atoms with Crippen molar-refractivity contribution in [2.45, 2.75) is 19.4 Å². The summed E-state index contributed by atoms with van der Waals surface area (Å²) in [5.41, 5.74) is 0. The van der Waals surface area contributed by atoms with Gasteiger partial charge < -0.3 is 20.3 Å². The molecule has 120 valence electrons. The van der Waals surface area contributed by atoms with E-state index in [0.29, 0.717) is 19.6 Å². The van der Waals surface area contributed by atoms with Crippen LogP contribution in [0.5, 0.6) is 0 Å². The minimum Gasteiger partial charge on any atom is -0.374 e. The molecule has 2 amide bonds. The molecule has 7 heteroatoms. The van der Waals surface area contributed by atoms with E-state index in [9.17, 15) is 9.59 Å². The van der Waals surface area contributed by atoms with Crippen LogP contribution in [0.15, 0.2) is 0 Å². The highest BCUT2D eigenvalue weighted by Crippen LogP contribution is 2.06. The van der Waals surface area contributed by atoms with Gasteiger partial charge in [-0.15, -0.1) is 0 Å². The second kappa shape index (κ2) is 8.31. The summed E-state index contributed by atoms with van der Waals surface area (Å²) in [5, 5.41) is 6.03. The number of hydrogen-bond acceptors (Lipinski definition) is 5. The number of amides is 2. The highest BCUT2D eigenvalue weighted by Gasteiger charge is 2.22. The molecule has 2 saturated heterocycles. The van der Waals surface area contributed by atoms with Crippen LogP contribution in [0.25, 0.3) is 0 Å². The summed E-state index contributed by atoms with van der Waals surface area (Å²) in [6.07, 6.45) is 0.587. The van der Waals surface area contributed by atoms with Gasteiger partial charge in [0.1, 0.15) is 0 Å². The molecule has 2 heterocycles. The first-order valence-corrected chi connectivity index (χ1v) is 7.72. The summed E-state index contributed by atoms with van der Waals surface area (Å²) in [6.45, 7) is 8.50. The van der Waals surface area contributed by atoms with Crippen molar-refractivity contribution in [3.05, 3.63) is 0 Å². The van der Waals surface area contributed by atoms with Gasteiger partial charge >= 0.3 is 0 Å². The third-order valence-electron chi connectivity index (χ3n) is 3.91. The third kappa shape index (κ3) is 5.61. The van der Waals surface area contributed by atoms with Gasteiger partial charge in [-0.25, -0.2) is 0 Å². The fourth-order valence-corrected chi connectivity index (χ4v) is 2.69. The molecule has 2 aliphatic heterocycles. The van der Waals surface area contributed by atoms with Crippen LogP contribution in [-0.2, 0) is 14.3 Å². The Morgan fingerprint density at radius 2 is 2.05 bits per heavy atom. The summed E-state index contributed by atoms with van der Waals surface area (Å²) < 4.78 is 5.62. The zero-order valence-corrected chi connectivity index (χ0v) is 12.8. The van der Waals surface area contributed by atoms with Crippen LogP contribution in [0, 0.1) is 0 Å². The summed E-state index contributed by atoms with van der Waals surface area (Å²) in [6, 6.07) is 0. The van der Waals surface area contributed by atoms with Gasteiger partial charge in [0.2, 0.25) is 11.8 Å². The van der Waals surface area contributed by atoms with Gasteiger partial charge in [0, 0.05) is 65.7 Å². The van der Waals surface area contributed by atoms with Crippen LogP contribution in [0.4, 0.5) is 0 Å². The lowest BCUT2D eigenvalue weighted by molar-refractivity contribution is -0.132. The topological polar surface area (TPSA) is 73.9 Å². The average molecular weight is 298 g/mol. The van der Waals surface area contributed by atoms with E-state index in [1.807, 2.05) is 4.90 Å². The van der Waals surface area contributed by atoms with Crippen molar-refractivity contribution in [1.82, 2.24) is 20.4 Å². The van der Waals surface area contributed by atoms with Crippen molar-refractivity contribution in [2.24, 2.45) is 0 Å². The maximum atomic E-state index is 12.1. The summed E-state index contributed by atoms with van der Waals surface area (Å²) in [4.78, 5) is 27.2. The monoisotopic (exact) mass is 298 g/mol. The van der Waals surface area contributed by atoms with Crippen LogP contribution in [-0.4, -0.2) is 86.7 Å². The average Bonchev–Trinajstić information content (AvgIpc) is 2.52. The number of nitrogens with zero attached hydrogens (tertiary/aromatic N) is 2. The molecule has 1 atom stereocenters. The van der Waals surface area contributed by atoms with Gasteiger partial charge in [-0.3, -0.25) is 14.5 Å². The lowest BCUT2D eigenvalue weighted by Crippen LogP contribution is -2.49. The first-order valence-electron chi connectivity index (χ1n) is 7.72. The van der Waals surface area contributed by atoms with Gasteiger partial charge in [0.25, 0.3) is 0 Å². The van der Waals surface area contributed by atoms with E-state index in [0.717, 1.165) is 45.8 Å². The molecule has 1 unspecified atom stereocenters. The molecule has 0 aromatic rings. The lowest BCUT2D eigenvalue weighted by atomic mass is 10.2. The number of rotatable bonds is 5. The molecule has 21 heavy (non-hydrogen) atoms. The molecule has 0 aromatic carbocycles. The highest BCUT2D eigenvalue weighted by molar-refractivity contribution is 5.76. The van der Waals surface area contributed by atoms with E-state index in [4.69, 9.17) is 4.74 Å². The minimum atomic E-state index is -0.0374. The smallest absolute Gasteiger partial charge is 0.223 e. The largest absolute Gasteiger partial charge is 0.374 e. The first-order chi connectivity index (χ1) is 10.1. The number of ether oxygens (including phenoxy) is 1. The molecule has 0 spiro atoms. The van der Waals surface area contributed by atoms with Crippen molar-refractivity contribution in [1.29, 1.82) is 0 Å². The number of hydrogen-bond donors (Lipinski definition) is 2. The van der Waals surface area contributed by atoms with Crippen LogP contribution in [0.1, 0.15) is 13.3 Å². The first kappa shape index (κ1) is 16.2. The summed E-state index contributed by atoms with van der Waals surface area (Å²) in [5.74, 6) is 0.200. The molecule has 0 aromatic heterocycles. The molecule has 7 nitrogen and oxygen atoms in total. The van der Waals surface area contributed by atoms with Crippen LogP contribution >= 0.6 is 0 Å². The van der Waals surface area contributed by atoms with Crippen molar-refractivity contribution in [2.75, 3.05) is 59.0 Å². The van der Waals surface area contributed by atoms with E-state index in [-0.39, 0.29) is 17.9 Å². The van der Waals surface area contributed by atoms with E-state index >= 15 is 0 Å². The molecule has 2 aliphatic rings. The van der Waals surface area contributed by atoms with Crippen molar-refractivity contribution < 1.29 is 14.3 Å². The maximum absolute atomic E-state index is 12.1. The number of morpholine rings is 1. The van der Waals surface area contributed by atoms with Crippen LogP contribution in [0.2, 0.25) is 0 Å².